The fourth-order valence-electron chi connectivity index (χ4n) is 3.01. The summed E-state index contributed by atoms with van der Waals surface area (Å²) in [6.07, 6.45) is 0.917. The number of rotatable bonds is 4. The van der Waals surface area contributed by atoms with Crippen LogP contribution in [0.3, 0.4) is 0 Å². The van der Waals surface area contributed by atoms with Crippen LogP contribution in [0.1, 0.15) is 29.3 Å². The van der Waals surface area contributed by atoms with Crippen molar-refractivity contribution in [2.24, 2.45) is 5.92 Å². The first-order valence-corrected chi connectivity index (χ1v) is 9.11. The molecule has 2 aliphatic rings. The number of carbonyl (C=O) groups is 3. The summed E-state index contributed by atoms with van der Waals surface area (Å²) in [7, 11) is 0. The van der Waals surface area contributed by atoms with Crippen LogP contribution in [0.5, 0.6) is 0 Å². The Labute approximate surface area is 145 Å². The molecule has 1 aromatic carbocycles. The Balaban J connectivity index is 1.67. The SMILES string of the molecule is CC1CNCCC1NC(=O)c1cccc(CN2C(=O)CSC2=O)c1. The number of hydrogen-bond donors (Lipinski definition) is 2. The monoisotopic (exact) mass is 347 g/mol. The first kappa shape index (κ1) is 17.0. The van der Waals surface area contributed by atoms with Crippen molar-refractivity contribution >= 4 is 28.8 Å². The van der Waals surface area contributed by atoms with Crippen molar-refractivity contribution in [1.82, 2.24) is 15.5 Å². The fourth-order valence-corrected chi connectivity index (χ4v) is 3.73. The Morgan fingerprint density at radius 3 is 2.96 bits per heavy atom. The summed E-state index contributed by atoms with van der Waals surface area (Å²) in [4.78, 5) is 37.1. The predicted octanol–water partition coefficient (Wildman–Crippen LogP) is 1.61. The van der Waals surface area contributed by atoms with Gasteiger partial charge in [-0.3, -0.25) is 19.3 Å². The lowest BCUT2D eigenvalue weighted by Crippen LogP contribution is -2.48. The first-order chi connectivity index (χ1) is 11.5. The van der Waals surface area contributed by atoms with Crippen LogP contribution in [-0.4, -0.2) is 46.8 Å². The molecular formula is C17H21N3O3S. The van der Waals surface area contributed by atoms with Gasteiger partial charge in [-0.25, -0.2) is 0 Å². The molecule has 3 rings (SSSR count). The molecule has 2 saturated heterocycles. The average Bonchev–Trinajstić information content (AvgIpc) is 2.89. The molecule has 0 aliphatic carbocycles. The number of piperidine rings is 1. The van der Waals surface area contributed by atoms with Gasteiger partial charge in [0.15, 0.2) is 0 Å². The zero-order chi connectivity index (χ0) is 17.1. The maximum Gasteiger partial charge on any atom is 0.289 e. The number of carbonyl (C=O) groups excluding carboxylic acids is 3. The van der Waals surface area contributed by atoms with Gasteiger partial charge in [-0.2, -0.15) is 0 Å². The molecule has 2 heterocycles. The highest BCUT2D eigenvalue weighted by Gasteiger charge is 2.30. The molecule has 0 aromatic heterocycles. The summed E-state index contributed by atoms with van der Waals surface area (Å²) in [5, 5.41) is 6.18. The summed E-state index contributed by atoms with van der Waals surface area (Å²) in [6, 6.07) is 7.29. The van der Waals surface area contributed by atoms with Crippen molar-refractivity contribution in [2.75, 3.05) is 18.8 Å². The summed E-state index contributed by atoms with van der Waals surface area (Å²) < 4.78 is 0. The molecule has 6 nitrogen and oxygen atoms in total. The molecule has 2 aliphatic heterocycles. The fraction of sp³-hybridized carbons (Fsp3) is 0.471. The van der Waals surface area contributed by atoms with Crippen molar-refractivity contribution in [3.05, 3.63) is 35.4 Å². The number of nitrogens with zero attached hydrogens (tertiary/aromatic N) is 1. The number of thioether (sulfide) groups is 1. The van der Waals surface area contributed by atoms with Crippen LogP contribution in [0.4, 0.5) is 4.79 Å². The van der Waals surface area contributed by atoms with Crippen LogP contribution in [0.15, 0.2) is 24.3 Å². The van der Waals surface area contributed by atoms with E-state index in [0.717, 1.165) is 36.8 Å². The second kappa shape index (κ2) is 7.36. The van der Waals surface area contributed by atoms with Crippen molar-refractivity contribution in [2.45, 2.75) is 25.9 Å². The maximum absolute atomic E-state index is 12.5. The number of hydrogen-bond acceptors (Lipinski definition) is 5. The molecule has 128 valence electrons. The molecule has 7 heteroatoms. The summed E-state index contributed by atoms with van der Waals surface area (Å²) in [5.74, 6) is 0.308. The maximum atomic E-state index is 12.5. The van der Waals surface area contributed by atoms with E-state index >= 15 is 0 Å². The van der Waals surface area contributed by atoms with Crippen molar-refractivity contribution in [3.63, 3.8) is 0 Å². The van der Waals surface area contributed by atoms with Gasteiger partial charge in [0.25, 0.3) is 11.1 Å². The van der Waals surface area contributed by atoms with Gasteiger partial charge in [-0.05, 0) is 43.1 Å². The highest BCUT2D eigenvalue weighted by atomic mass is 32.2. The lowest BCUT2D eigenvalue weighted by atomic mass is 9.95. The average molecular weight is 347 g/mol. The van der Waals surface area contributed by atoms with E-state index in [1.807, 2.05) is 6.07 Å². The summed E-state index contributed by atoms with van der Waals surface area (Å²) in [5.41, 5.74) is 1.34. The second-order valence-corrected chi connectivity index (χ2v) is 7.21. The highest BCUT2D eigenvalue weighted by molar-refractivity contribution is 8.14. The number of imide groups is 1. The van der Waals surface area contributed by atoms with Gasteiger partial charge in [0.05, 0.1) is 12.3 Å². The van der Waals surface area contributed by atoms with Gasteiger partial charge < -0.3 is 10.6 Å². The Kier molecular flexibility index (Phi) is 5.20. The van der Waals surface area contributed by atoms with Gasteiger partial charge in [0, 0.05) is 11.6 Å². The van der Waals surface area contributed by atoms with Gasteiger partial charge in [0.2, 0.25) is 5.91 Å². The number of nitrogens with one attached hydrogen (secondary N) is 2. The normalized spacial score (nSPS) is 24.3. The van der Waals surface area contributed by atoms with E-state index in [4.69, 9.17) is 0 Å². The predicted molar refractivity (Wildman–Crippen MR) is 92.8 cm³/mol. The molecule has 0 bridgehead atoms. The molecule has 0 radical (unpaired) electrons. The van der Waals surface area contributed by atoms with Crippen LogP contribution >= 0.6 is 11.8 Å². The van der Waals surface area contributed by atoms with Crippen LogP contribution in [0, 0.1) is 5.92 Å². The lowest BCUT2D eigenvalue weighted by Gasteiger charge is -2.30. The molecule has 3 amide bonds. The van der Waals surface area contributed by atoms with E-state index in [1.165, 1.54) is 4.90 Å². The molecule has 0 spiro atoms. The zero-order valence-electron chi connectivity index (χ0n) is 13.6. The summed E-state index contributed by atoms with van der Waals surface area (Å²) >= 11 is 1.02. The number of benzene rings is 1. The minimum atomic E-state index is -0.224. The van der Waals surface area contributed by atoms with Crippen molar-refractivity contribution < 1.29 is 14.4 Å². The van der Waals surface area contributed by atoms with Crippen molar-refractivity contribution in [1.29, 1.82) is 0 Å². The lowest BCUT2D eigenvalue weighted by molar-refractivity contribution is -0.125. The van der Waals surface area contributed by atoms with E-state index in [0.29, 0.717) is 11.5 Å². The minimum Gasteiger partial charge on any atom is -0.349 e. The molecule has 24 heavy (non-hydrogen) atoms. The van der Waals surface area contributed by atoms with Crippen LogP contribution < -0.4 is 10.6 Å². The van der Waals surface area contributed by atoms with E-state index in [2.05, 4.69) is 17.6 Å². The topological polar surface area (TPSA) is 78.5 Å². The van der Waals surface area contributed by atoms with Crippen LogP contribution in [0.2, 0.25) is 0 Å². The second-order valence-electron chi connectivity index (χ2n) is 6.28. The molecule has 2 atom stereocenters. The molecule has 2 N–H and O–H groups in total. The number of amides is 3. The van der Waals surface area contributed by atoms with Crippen LogP contribution in [-0.2, 0) is 11.3 Å². The van der Waals surface area contributed by atoms with Gasteiger partial charge in [-0.1, -0.05) is 30.8 Å². The third kappa shape index (κ3) is 3.79. The van der Waals surface area contributed by atoms with Crippen molar-refractivity contribution in [3.8, 4) is 0 Å². The third-order valence-electron chi connectivity index (χ3n) is 4.47. The Bertz CT molecular complexity index is 648. The summed E-state index contributed by atoms with van der Waals surface area (Å²) in [6.45, 7) is 4.15. The van der Waals surface area contributed by atoms with Crippen LogP contribution in [0.25, 0.3) is 0 Å². The molecule has 2 unspecified atom stereocenters. The van der Waals surface area contributed by atoms with E-state index in [-0.39, 0.29) is 35.4 Å². The molecule has 1 aromatic rings. The minimum absolute atomic E-state index is 0.107. The largest absolute Gasteiger partial charge is 0.349 e. The zero-order valence-corrected chi connectivity index (χ0v) is 14.4. The standard InChI is InChI=1S/C17H21N3O3S/c1-11-8-18-6-5-14(11)19-16(22)13-4-2-3-12(7-13)9-20-15(21)10-24-17(20)23/h2-4,7,11,14,18H,5-6,8-10H2,1H3,(H,19,22). The van der Waals surface area contributed by atoms with E-state index < -0.39 is 0 Å². The third-order valence-corrected chi connectivity index (χ3v) is 5.33. The Hall–Kier alpha value is -1.86. The molecule has 2 fully saturated rings. The van der Waals surface area contributed by atoms with Gasteiger partial charge >= 0.3 is 0 Å². The Morgan fingerprint density at radius 2 is 2.25 bits per heavy atom. The Morgan fingerprint density at radius 1 is 1.42 bits per heavy atom. The molecule has 0 saturated carbocycles. The van der Waals surface area contributed by atoms with Gasteiger partial charge in [0.1, 0.15) is 0 Å². The van der Waals surface area contributed by atoms with E-state index in [1.54, 1.807) is 18.2 Å². The molecular weight excluding hydrogens is 326 g/mol. The smallest absolute Gasteiger partial charge is 0.289 e. The quantitative estimate of drug-likeness (QED) is 0.865. The first-order valence-electron chi connectivity index (χ1n) is 8.12. The van der Waals surface area contributed by atoms with Gasteiger partial charge in [-0.15, -0.1) is 0 Å². The van der Waals surface area contributed by atoms with E-state index in [9.17, 15) is 14.4 Å². The highest BCUT2D eigenvalue weighted by Crippen LogP contribution is 2.21.